The van der Waals surface area contributed by atoms with Crippen LogP contribution in [-0.2, 0) is 6.42 Å². The molecule has 0 bridgehead atoms. The maximum absolute atomic E-state index is 12.2. The fourth-order valence-corrected chi connectivity index (χ4v) is 2.69. The maximum Gasteiger partial charge on any atom is 0.251 e. The molecular formula is C14H18N2O2. The molecule has 1 aromatic rings. The van der Waals surface area contributed by atoms with Gasteiger partial charge in [-0.1, -0.05) is 0 Å². The Morgan fingerprint density at radius 3 is 2.94 bits per heavy atom. The van der Waals surface area contributed by atoms with Crippen LogP contribution < -0.4 is 10.6 Å². The van der Waals surface area contributed by atoms with Crippen molar-refractivity contribution in [2.75, 3.05) is 18.5 Å². The van der Waals surface area contributed by atoms with Crippen LogP contribution >= 0.6 is 0 Å². The van der Waals surface area contributed by atoms with Crippen molar-refractivity contribution in [3.8, 4) is 0 Å². The molecule has 3 rings (SSSR count). The van der Waals surface area contributed by atoms with Crippen LogP contribution in [0.2, 0.25) is 0 Å². The van der Waals surface area contributed by atoms with Crippen LogP contribution in [0.1, 0.15) is 35.2 Å². The predicted molar refractivity (Wildman–Crippen MR) is 69.8 cm³/mol. The summed E-state index contributed by atoms with van der Waals surface area (Å²) in [6, 6.07) is 5.76. The number of carbonyl (C=O) groups excluding carboxylic acids is 1. The largest absolute Gasteiger partial charge is 0.394 e. The number of aliphatic hydroxyl groups excluding tert-OH is 1. The first kappa shape index (κ1) is 11.5. The number of amides is 1. The van der Waals surface area contributed by atoms with Gasteiger partial charge >= 0.3 is 0 Å². The number of anilines is 1. The topological polar surface area (TPSA) is 61.4 Å². The quantitative estimate of drug-likeness (QED) is 0.753. The molecule has 18 heavy (non-hydrogen) atoms. The Labute approximate surface area is 106 Å². The Bertz CT molecular complexity index is 475. The van der Waals surface area contributed by atoms with Gasteiger partial charge in [0.2, 0.25) is 0 Å². The lowest BCUT2D eigenvalue weighted by atomic mass is 9.77. The summed E-state index contributed by atoms with van der Waals surface area (Å²) < 4.78 is 0. The zero-order chi connectivity index (χ0) is 12.6. The van der Waals surface area contributed by atoms with Gasteiger partial charge in [-0.25, -0.2) is 0 Å². The third-order valence-corrected chi connectivity index (χ3v) is 4.07. The van der Waals surface area contributed by atoms with E-state index in [1.807, 2.05) is 18.2 Å². The van der Waals surface area contributed by atoms with E-state index >= 15 is 0 Å². The molecule has 4 heteroatoms. The van der Waals surface area contributed by atoms with Crippen molar-refractivity contribution in [3.05, 3.63) is 29.3 Å². The number of rotatable bonds is 3. The van der Waals surface area contributed by atoms with E-state index in [-0.39, 0.29) is 18.1 Å². The van der Waals surface area contributed by atoms with E-state index in [1.54, 1.807) is 0 Å². The summed E-state index contributed by atoms with van der Waals surface area (Å²) in [7, 11) is 0. The van der Waals surface area contributed by atoms with E-state index in [0.717, 1.165) is 37.9 Å². The van der Waals surface area contributed by atoms with Gasteiger partial charge in [0.05, 0.1) is 12.1 Å². The lowest BCUT2D eigenvalue weighted by Gasteiger charge is -2.40. The summed E-state index contributed by atoms with van der Waals surface area (Å²) in [6.45, 7) is 0.978. The van der Waals surface area contributed by atoms with Crippen LogP contribution in [0.5, 0.6) is 0 Å². The van der Waals surface area contributed by atoms with Crippen LogP contribution in [0.15, 0.2) is 18.2 Å². The first-order valence-corrected chi connectivity index (χ1v) is 6.53. The van der Waals surface area contributed by atoms with Gasteiger partial charge in [-0.2, -0.15) is 0 Å². The molecule has 0 unspecified atom stereocenters. The van der Waals surface area contributed by atoms with Crippen molar-refractivity contribution in [1.82, 2.24) is 5.32 Å². The highest BCUT2D eigenvalue weighted by Crippen LogP contribution is 2.31. The molecule has 96 valence electrons. The lowest BCUT2D eigenvalue weighted by molar-refractivity contribution is 0.0641. The Hall–Kier alpha value is -1.55. The average molecular weight is 246 g/mol. The van der Waals surface area contributed by atoms with Crippen molar-refractivity contribution in [1.29, 1.82) is 0 Å². The molecule has 0 spiro atoms. The highest BCUT2D eigenvalue weighted by atomic mass is 16.3. The maximum atomic E-state index is 12.2. The summed E-state index contributed by atoms with van der Waals surface area (Å²) in [5.41, 5.74) is 2.66. The Morgan fingerprint density at radius 1 is 1.44 bits per heavy atom. The van der Waals surface area contributed by atoms with E-state index in [1.165, 1.54) is 5.56 Å². The molecule has 1 saturated carbocycles. The Morgan fingerprint density at radius 2 is 2.28 bits per heavy atom. The number of carbonyl (C=O) groups is 1. The smallest absolute Gasteiger partial charge is 0.251 e. The molecule has 4 nitrogen and oxygen atoms in total. The highest BCUT2D eigenvalue weighted by molar-refractivity contribution is 5.95. The molecule has 0 aromatic heterocycles. The van der Waals surface area contributed by atoms with Crippen LogP contribution in [-0.4, -0.2) is 29.7 Å². The molecule has 1 amide bonds. The molecule has 1 aliphatic heterocycles. The summed E-state index contributed by atoms with van der Waals surface area (Å²) in [5.74, 6) is -0.0709. The Kier molecular flexibility index (Phi) is 2.74. The van der Waals surface area contributed by atoms with Crippen LogP contribution in [0.25, 0.3) is 0 Å². The van der Waals surface area contributed by atoms with Crippen LogP contribution in [0, 0.1) is 0 Å². The third-order valence-electron chi connectivity index (χ3n) is 4.07. The molecule has 0 saturated heterocycles. The molecular weight excluding hydrogens is 228 g/mol. The molecule has 3 N–H and O–H groups in total. The van der Waals surface area contributed by atoms with Crippen molar-refractivity contribution in [2.24, 2.45) is 0 Å². The minimum Gasteiger partial charge on any atom is -0.394 e. The van der Waals surface area contributed by atoms with Crippen molar-refractivity contribution < 1.29 is 9.90 Å². The van der Waals surface area contributed by atoms with E-state index in [4.69, 9.17) is 0 Å². The molecule has 1 aliphatic carbocycles. The number of fused-ring (bicyclic) bond motifs is 1. The van der Waals surface area contributed by atoms with E-state index in [2.05, 4.69) is 10.6 Å². The fourth-order valence-electron chi connectivity index (χ4n) is 2.69. The van der Waals surface area contributed by atoms with Gasteiger partial charge in [-0.15, -0.1) is 0 Å². The minimum atomic E-state index is -0.367. The monoisotopic (exact) mass is 246 g/mol. The second kappa shape index (κ2) is 4.28. The zero-order valence-electron chi connectivity index (χ0n) is 10.3. The Balaban J connectivity index is 1.76. The molecule has 0 radical (unpaired) electrons. The first-order chi connectivity index (χ1) is 8.72. The minimum absolute atomic E-state index is 0.0330. The molecule has 1 fully saturated rings. The molecule has 0 atom stereocenters. The van der Waals surface area contributed by atoms with Gasteiger partial charge in [0, 0.05) is 17.8 Å². The molecule has 2 aliphatic rings. The SMILES string of the molecule is O=C(NC1(CO)CCC1)c1ccc2c(c1)CCN2. The normalized spacial score (nSPS) is 19.6. The van der Waals surface area contributed by atoms with Gasteiger partial charge in [0.15, 0.2) is 0 Å². The fraction of sp³-hybridized carbons (Fsp3) is 0.500. The number of nitrogens with one attached hydrogen (secondary N) is 2. The zero-order valence-corrected chi connectivity index (χ0v) is 10.3. The van der Waals surface area contributed by atoms with Gasteiger partial charge in [0.25, 0.3) is 5.91 Å². The van der Waals surface area contributed by atoms with Gasteiger partial charge < -0.3 is 15.7 Å². The standard InChI is InChI=1S/C14H18N2O2/c17-9-14(5-1-6-14)16-13(18)11-2-3-12-10(8-11)4-7-15-12/h2-3,8,15,17H,1,4-7,9H2,(H,16,18). The number of hydrogen-bond acceptors (Lipinski definition) is 3. The van der Waals surface area contributed by atoms with Gasteiger partial charge in [-0.3, -0.25) is 4.79 Å². The second-order valence-electron chi connectivity index (χ2n) is 5.29. The number of hydrogen-bond donors (Lipinski definition) is 3. The van der Waals surface area contributed by atoms with E-state index in [9.17, 15) is 9.90 Å². The van der Waals surface area contributed by atoms with Gasteiger partial charge in [0.1, 0.15) is 0 Å². The summed E-state index contributed by atoms with van der Waals surface area (Å²) in [4.78, 5) is 12.2. The first-order valence-electron chi connectivity index (χ1n) is 6.53. The van der Waals surface area contributed by atoms with Gasteiger partial charge in [-0.05, 0) is 49.4 Å². The highest BCUT2D eigenvalue weighted by Gasteiger charge is 2.37. The molecule has 1 aromatic carbocycles. The van der Waals surface area contributed by atoms with E-state index < -0.39 is 0 Å². The van der Waals surface area contributed by atoms with Crippen molar-refractivity contribution in [3.63, 3.8) is 0 Å². The van der Waals surface area contributed by atoms with Crippen LogP contribution in [0.3, 0.4) is 0 Å². The van der Waals surface area contributed by atoms with Crippen LogP contribution in [0.4, 0.5) is 5.69 Å². The van der Waals surface area contributed by atoms with E-state index in [0.29, 0.717) is 5.56 Å². The summed E-state index contributed by atoms with van der Waals surface area (Å²) >= 11 is 0. The summed E-state index contributed by atoms with van der Waals surface area (Å²) in [5, 5.41) is 15.6. The lowest BCUT2D eigenvalue weighted by Crippen LogP contribution is -2.56. The number of aliphatic hydroxyl groups is 1. The molecule has 1 heterocycles. The van der Waals surface area contributed by atoms with Crippen molar-refractivity contribution >= 4 is 11.6 Å². The third kappa shape index (κ3) is 1.86. The van der Waals surface area contributed by atoms with Crippen molar-refractivity contribution in [2.45, 2.75) is 31.2 Å². The number of benzene rings is 1. The average Bonchev–Trinajstić information content (AvgIpc) is 2.80. The summed E-state index contributed by atoms with van der Waals surface area (Å²) in [6.07, 6.45) is 3.81. The second-order valence-corrected chi connectivity index (χ2v) is 5.29. The predicted octanol–water partition coefficient (Wildman–Crippen LogP) is 1.30.